The van der Waals surface area contributed by atoms with Crippen LogP contribution in [0, 0.1) is 0 Å². The Balaban J connectivity index is 3.05. The highest BCUT2D eigenvalue weighted by Gasteiger charge is 2.02. The fraction of sp³-hybridized carbons (Fsp3) is 0. The van der Waals surface area contributed by atoms with Gasteiger partial charge in [-0.2, -0.15) is 0 Å². The molecule has 0 atom stereocenters. The third-order valence-electron chi connectivity index (χ3n) is 1.34. The van der Waals surface area contributed by atoms with Gasteiger partial charge in [-0.05, 0) is 27.4 Å². The Hall–Kier alpha value is -0.190. The molecule has 2 heterocycles. The first-order chi connectivity index (χ1) is 5.29. The molecule has 11 heavy (non-hydrogen) atoms. The van der Waals surface area contributed by atoms with Crippen LogP contribution < -0.4 is 5.43 Å². The summed E-state index contributed by atoms with van der Waals surface area (Å²) in [6.07, 6.45) is 0. The van der Waals surface area contributed by atoms with Crippen molar-refractivity contribution in [2.75, 3.05) is 0 Å². The Kier molecular flexibility index (Phi) is 1.83. The molecule has 0 spiro atoms. The van der Waals surface area contributed by atoms with Gasteiger partial charge in [0.2, 0.25) is 5.43 Å². The van der Waals surface area contributed by atoms with Crippen molar-refractivity contribution in [3.05, 3.63) is 31.5 Å². The van der Waals surface area contributed by atoms with Gasteiger partial charge < -0.3 is 0 Å². The van der Waals surface area contributed by atoms with E-state index in [1.165, 1.54) is 11.3 Å². The van der Waals surface area contributed by atoms with Gasteiger partial charge in [-0.3, -0.25) is 4.79 Å². The van der Waals surface area contributed by atoms with E-state index in [-0.39, 0.29) is 5.43 Å². The molecule has 0 aliphatic carbocycles. The fourth-order valence-corrected chi connectivity index (χ4v) is 3.24. The summed E-state index contributed by atoms with van der Waals surface area (Å²) in [7, 11) is 0. The minimum atomic E-state index is 0.105. The van der Waals surface area contributed by atoms with Gasteiger partial charge in [-0.1, -0.05) is 0 Å². The molecule has 4 heteroatoms. The molecule has 0 aliphatic rings. The van der Waals surface area contributed by atoms with Gasteiger partial charge in [-0.25, -0.2) is 0 Å². The molecule has 2 rings (SSSR count). The Labute approximate surface area is 79.4 Å². The van der Waals surface area contributed by atoms with Crippen LogP contribution in [0.1, 0.15) is 0 Å². The standard InChI is InChI=1S/C7H3BrOS2/c8-4-3-11-5-1-2-10-7(5)6(4)9/h1-3H. The van der Waals surface area contributed by atoms with E-state index in [2.05, 4.69) is 15.9 Å². The quantitative estimate of drug-likeness (QED) is 0.699. The van der Waals surface area contributed by atoms with Crippen LogP contribution in [0.15, 0.2) is 26.1 Å². The van der Waals surface area contributed by atoms with Crippen LogP contribution in [0.4, 0.5) is 0 Å². The highest BCUT2D eigenvalue weighted by atomic mass is 79.9. The number of halogens is 1. The summed E-state index contributed by atoms with van der Waals surface area (Å²) in [6, 6.07) is 1.97. The Morgan fingerprint density at radius 3 is 3.00 bits per heavy atom. The van der Waals surface area contributed by atoms with Crippen molar-refractivity contribution >= 4 is 48.0 Å². The average molecular weight is 247 g/mol. The zero-order valence-electron chi connectivity index (χ0n) is 5.33. The summed E-state index contributed by atoms with van der Waals surface area (Å²) in [5.74, 6) is 0. The van der Waals surface area contributed by atoms with Gasteiger partial charge in [0, 0.05) is 10.1 Å². The van der Waals surface area contributed by atoms with E-state index in [1.807, 2.05) is 16.8 Å². The summed E-state index contributed by atoms with van der Waals surface area (Å²) >= 11 is 6.29. The second-order valence-corrected chi connectivity index (χ2v) is 4.71. The molecule has 0 N–H and O–H groups in total. The predicted molar refractivity (Wildman–Crippen MR) is 53.7 cm³/mol. The maximum absolute atomic E-state index is 11.4. The number of hydrogen-bond acceptors (Lipinski definition) is 3. The van der Waals surface area contributed by atoms with Crippen molar-refractivity contribution in [3.8, 4) is 0 Å². The van der Waals surface area contributed by atoms with Crippen molar-refractivity contribution in [3.63, 3.8) is 0 Å². The Morgan fingerprint density at radius 1 is 1.36 bits per heavy atom. The van der Waals surface area contributed by atoms with Crippen LogP contribution in [0.3, 0.4) is 0 Å². The molecule has 0 radical (unpaired) electrons. The van der Waals surface area contributed by atoms with E-state index in [0.29, 0.717) is 4.47 Å². The van der Waals surface area contributed by atoms with Crippen LogP contribution in [0.25, 0.3) is 9.40 Å². The first-order valence-electron chi connectivity index (χ1n) is 2.93. The van der Waals surface area contributed by atoms with E-state index in [1.54, 1.807) is 11.3 Å². The van der Waals surface area contributed by atoms with Gasteiger partial charge in [0.1, 0.15) is 0 Å². The third kappa shape index (κ3) is 1.15. The summed E-state index contributed by atoms with van der Waals surface area (Å²) in [4.78, 5) is 11.4. The Morgan fingerprint density at radius 2 is 2.18 bits per heavy atom. The minimum absolute atomic E-state index is 0.105. The molecule has 56 valence electrons. The topological polar surface area (TPSA) is 17.1 Å². The SMILES string of the molecule is O=c1c(Br)csc2ccsc12. The van der Waals surface area contributed by atoms with Crippen molar-refractivity contribution in [2.45, 2.75) is 0 Å². The van der Waals surface area contributed by atoms with Gasteiger partial charge >= 0.3 is 0 Å². The number of rotatable bonds is 0. The molecule has 0 aromatic carbocycles. The maximum atomic E-state index is 11.4. The largest absolute Gasteiger partial charge is 0.287 e. The van der Waals surface area contributed by atoms with Crippen LogP contribution >= 0.6 is 38.6 Å². The summed E-state index contributed by atoms with van der Waals surface area (Å²) in [6.45, 7) is 0. The molecule has 0 fully saturated rings. The summed E-state index contributed by atoms with van der Waals surface area (Å²) in [5, 5.41) is 3.77. The van der Waals surface area contributed by atoms with Crippen molar-refractivity contribution in [2.24, 2.45) is 0 Å². The second kappa shape index (κ2) is 2.69. The molecule has 0 bridgehead atoms. The molecular formula is C7H3BrOS2. The summed E-state index contributed by atoms with van der Waals surface area (Å²) < 4.78 is 2.59. The molecule has 0 amide bonds. The van der Waals surface area contributed by atoms with E-state index in [4.69, 9.17) is 0 Å². The number of thiophene rings is 1. The van der Waals surface area contributed by atoms with Crippen molar-refractivity contribution in [1.29, 1.82) is 0 Å². The zero-order valence-corrected chi connectivity index (χ0v) is 8.55. The molecule has 0 aliphatic heterocycles. The monoisotopic (exact) mass is 246 g/mol. The average Bonchev–Trinajstić information content (AvgIpc) is 2.45. The van der Waals surface area contributed by atoms with Crippen LogP contribution in [-0.2, 0) is 0 Å². The van der Waals surface area contributed by atoms with Gasteiger partial charge in [-0.15, -0.1) is 22.7 Å². The van der Waals surface area contributed by atoms with Crippen LogP contribution in [-0.4, -0.2) is 0 Å². The van der Waals surface area contributed by atoms with E-state index < -0.39 is 0 Å². The van der Waals surface area contributed by atoms with Crippen molar-refractivity contribution in [1.82, 2.24) is 0 Å². The minimum Gasteiger partial charge on any atom is -0.287 e. The lowest BCUT2D eigenvalue weighted by Gasteiger charge is -1.86. The first-order valence-corrected chi connectivity index (χ1v) is 5.49. The van der Waals surface area contributed by atoms with Crippen LogP contribution in [0.2, 0.25) is 0 Å². The lowest BCUT2D eigenvalue weighted by atomic mass is 10.5. The molecule has 0 saturated carbocycles. The lowest BCUT2D eigenvalue weighted by molar-refractivity contribution is 1.71. The molecule has 0 saturated heterocycles. The van der Waals surface area contributed by atoms with Crippen LogP contribution in [0.5, 0.6) is 0 Å². The van der Waals surface area contributed by atoms with Gasteiger partial charge in [0.25, 0.3) is 0 Å². The fourth-order valence-electron chi connectivity index (χ4n) is 0.833. The molecular weight excluding hydrogens is 244 g/mol. The van der Waals surface area contributed by atoms with E-state index in [0.717, 1.165) is 9.40 Å². The maximum Gasteiger partial charge on any atom is 0.212 e. The van der Waals surface area contributed by atoms with E-state index in [9.17, 15) is 4.79 Å². The second-order valence-electron chi connectivity index (χ2n) is 2.03. The highest BCUT2D eigenvalue weighted by Crippen LogP contribution is 2.23. The summed E-state index contributed by atoms with van der Waals surface area (Å²) in [5.41, 5.74) is 0.105. The number of hydrogen-bond donors (Lipinski definition) is 0. The lowest BCUT2D eigenvalue weighted by Crippen LogP contribution is -1.96. The van der Waals surface area contributed by atoms with E-state index >= 15 is 0 Å². The third-order valence-corrected chi connectivity index (χ3v) is 4.22. The first kappa shape index (κ1) is 7.46. The smallest absolute Gasteiger partial charge is 0.212 e. The molecule has 1 nitrogen and oxygen atoms in total. The van der Waals surface area contributed by atoms with Crippen molar-refractivity contribution < 1.29 is 0 Å². The molecule has 2 aromatic heterocycles. The highest BCUT2D eigenvalue weighted by molar-refractivity contribution is 9.10. The predicted octanol–water partition coefficient (Wildman–Crippen LogP) is 3.09. The van der Waals surface area contributed by atoms with Gasteiger partial charge in [0.05, 0.1) is 9.17 Å². The number of fused-ring (bicyclic) bond motifs is 1. The Bertz CT molecular complexity index is 443. The normalized spacial score (nSPS) is 10.6. The zero-order chi connectivity index (χ0) is 7.84. The van der Waals surface area contributed by atoms with Gasteiger partial charge in [0.15, 0.2) is 0 Å². The molecule has 2 aromatic rings. The molecule has 0 unspecified atom stereocenters.